The topological polar surface area (TPSA) is 55.1 Å². The van der Waals surface area contributed by atoms with E-state index in [0.29, 0.717) is 11.7 Å². The minimum atomic E-state index is 0.514. The van der Waals surface area contributed by atoms with Crippen LogP contribution in [0.3, 0.4) is 0 Å². The van der Waals surface area contributed by atoms with Gasteiger partial charge in [-0.15, -0.1) is 0 Å². The Kier molecular flexibility index (Phi) is 3.16. The Bertz CT molecular complexity index is 707. The third kappa shape index (κ3) is 2.38. The van der Waals surface area contributed by atoms with Crippen molar-refractivity contribution >= 4 is 5.69 Å². The molecule has 1 aromatic carbocycles. The summed E-state index contributed by atoms with van der Waals surface area (Å²) >= 11 is 0. The van der Waals surface area contributed by atoms with E-state index >= 15 is 0 Å². The quantitative estimate of drug-likeness (QED) is 0.729. The lowest BCUT2D eigenvalue weighted by molar-refractivity contribution is 0.432. The molecule has 5 nitrogen and oxygen atoms in total. The molecule has 2 heterocycles. The lowest BCUT2D eigenvalue weighted by Crippen LogP contribution is -2.08. The van der Waals surface area contributed by atoms with E-state index in [1.807, 2.05) is 55.4 Å². The van der Waals surface area contributed by atoms with E-state index < -0.39 is 0 Å². The Labute approximate surface area is 116 Å². The fourth-order valence-electron chi connectivity index (χ4n) is 1.88. The van der Waals surface area contributed by atoms with Crippen molar-refractivity contribution in [2.45, 2.75) is 0 Å². The molecule has 0 aliphatic carbocycles. The van der Waals surface area contributed by atoms with Gasteiger partial charge in [0.1, 0.15) is 0 Å². The molecular weight excluding hydrogens is 252 g/mol. The van der Waals surface area contributed by atoms with Crippen LogP contribution in [0.25, 0.3) is 22.8 Å². The average Bonchev–Trinajstić information content (AvgIpc) is 2.98. The Morgan fingerprint density at radius 3 is 2.55 bits per heavy atom. The number of rotatable bonds is 3. The Hall–Kier alpha value is -2.69. The summed E-state index contributed by atoms with van der Waals surface area (Å²) in [6.45, 7) is 0. The third-order valence-corrected chi connectivity index (χ3v) is 2.97. The van der Waals surface area contributed by atoms with Gasteiger partial charge in [-0.25, -0.2) is 0 Å². The smallest absolute Gasteiger partial charge is 0.258 e. The van der Waals surface area contributed by atoms with Crippen LogP contribution in [0.2, 0.25) is 0 Å². The molecule has 20 heavy (non-hydrogen) atoms. The molecule has 0 aliphatic rings. The standard InChI is InChI=1S/C15H14N4O/c1-19(2)13-5-3-4-12(10-13)15-17-14(18-20-15)11-6-8-16-9-7-11/h3-10H,1-2H3. The van der Waals surface area contributed by atoms with Crippen molar-refractivity contribution in [1.82, 2.24) is 15.1 Å². The summed E-state index contributed by atoms with van der Waals surface area (Å²) in [6, 6.07) is 11.7. The first-order chi connectivity index (χ1) is 9.74. The predicted molar refractivity (Wildman–Crippen MR) is 77.3 cm³/mol. The molecular formula is C15H14N4O. The monoisotopic (exact) mass is 266 g/mol. The van der Waals surface area contributed by atoms with Crippen LogP contribution < -0.4 is 4.90 Å². The van der Waals surface area contributed by atoms with E-state index in [4.69, 9.17) is 4.52 Å². The third-order valence-electron chi connectivity index (χ3n) is 2.97. The van der Waals surface area contributed by atoms with E-state index in [1.54, 1.807) is 12.4 Å². The normalized spacial score (nSPS) is 10.5. The molecule has 0 unspecified atom stereocenters. The number of hydrogen-bond acceptors (Lipinski definition) is 5. The zero-order chi connectivity index (χ0) is 13.9. The Morgan fingerprint density at radius 2 is 1.80 bits per heavy atom. The molecule has 0 saturated carbocycles. The summed E-state index contributed by atoms with van der Waals surface area (Å²) in [5.41, 5.74) is 2.88. The van der Waals surface area contributed by atoms with Gasteiger partial charge in [-0.2, -0.15) is 4.98 Å². The highest BCUT2D eigenvalue weighted by Crippen LogP contribution is 2.24. The molecule has 0 aliphatic heterocycles. The van der Waals surface area contributed by atoms with Crippen LogP contribution >= 0.6 is 0 Å². The molecule has 0 radical (unpaired) electrons. The Balaban J connectivity index is 1.96. The van der Waals surface area contributed by atoms with Crippen molar-refractivity contribution in [2.24, 2.45) is 0 Å². The van der Waals surface area contributed by atoms with Crippen molar-refractivity contribution in [3.05, 3.63) is 48.8 Å². The molecule has 0 atom stereocenters. The molecule has 0 fully saturated rings. The first-order valence-electron chi connectivity index (χ1n) is 6.26. The predicted octanol–water partition coefficient (Wildman–Crippen LogP) is 2.86. The second kappa shape index (κ2) is 5.13. The highest BCUT2D eigenvalue weighted by molar-refractivity contribution is 5.64. The fraction of sp³-hybridized carbons (Fsp3) is 0.133. The van der Waals surface area contributed by atoms with Crippen molar-refractivity contribution < 1.29 is 4.52 Å². The summed E-state index contributed by atoms with van der Waals surface area (Å²) in [6.07, 6.45) is 3.41. The van der Waals surface area contributed by atoms with Crippen LogP contribution in [0.15, 0.2) is 53.3 Å². The molecule has 0 N–H and O–H groups in total. The molecule has 5 heteroatoms. The number of aromatic nitrogens is 3. The molecule has 100 valence electrons. The number of pyridine rings is 1. The summed E-state index contributed by atoms with van der Waals surface area (Å²) in [7, 11) is 3.99. The van der Waals surface area contributed by atoms with Gasteiger partial charge in [0.15, 0.2) is 0 Å². The van der Waals surface area contributed by atoms with Crippen molar-refractivity contribution in [3.8, 4) is 22.8 Å². The van der Waals surface area contributed by atoms with Gasteiger partial charge < -0.3 is 9.42 Å². The molecule has 3 aromatic rings. The van der Waals surface area contributed by atoms with E-state index in [0.717, 1.165) is 16.8 Å². The van der Waals surface area contributed by atoms with Crippen LogP contribution in [0.5, 0.6) is 0 Å². The number of hydrogen-bond donors (Lipinski definition) is 0. The highest BCUT2D eigenvalue weighted by atomic mass is 16.5. The van der Waals surface area contributed by atoms with Crippen molar-refractivity contribution in [2.75, 3.05) is 19.0 Å². The summed E-state index contributed by atoms with van der Waals surface area (Å²) in [5, 5.41) is 4.01. The van der Waals surface area contributed by atoms with Gasteiger partial charge in [-0.05, 0) is 30.3 Å². The molecule has 0 amide bonds. The largest absolute Gasteiger partial charge is 0.378 e. The lowest BCUT2D eigenvalue weighted by atomic mass is 10.2. The average molecular weight is 266 g/mol. The van der Waals surface area contributed by atoms with Gasteiger partial charge in [0, 0.05) is 43.3 Å². The second-order valence-electron chi connectivity index (χ2n) is 4.60. The van der Waals surface area contributed by atoms with Crippen LogP contribution in [-0.2, 0) is 0 Å². The summed E-state index contributed by atoms with van der Waals surface area (Å²) in [4.78, 5) is 10.4. The van der Waals surface area contributed by atoms with E-state index in [2.05, 4.69) is 15.1 Å². The van der Waals surface area contributed by atoms with Gasteiger partial charge in [-0.1, -0.05) is 11.2 Å². The summed E-state index contributed by atoms with van der Waals surface area (Å²) < 4.78 is 5.34. The minimum Gasteiger partial charge on any atom is -0.378 e. The van der Waals surface area contributed by atoms with Gasteiger partial charge in [0.05, 0.1) is 0 Å². The van der Waals surface area contributed by atoms with Gasteiger partial charge in [0.25, 0.3) is 5.89 Å². The second-order valence-corrected chi connectivity index (χ2v) is 4.60. The SMILES string of the molecule is CN(C)c1cccc(-c2nc(-c3ccncc3)no2)c1. The highest BCUT2D eigenvalue weighted by Gasteiger charge is 2.11. The number of benzene rings is 1. The molecule has 0 spiro atoms. The zero-order valence-corrected chi connectivity index (χ0v) is 11.3. The van der Waals surface area contributed by atoms with Crippen LogP contribution in [0.4, 0.5) is 5.69 Å². The fourth-order valence-corrected chi connectivity index (χ4v) is 1.88. The molecule has 0 saturated heterocycles. The van der Waals surface area contributed by atoms with Crippen molar-refractivity contribution in [1.29, 1.82) is 0 Å². The van der Waals surface area contributed by atoms with E-state index in [1.165, 1.54) is 0 Å². The maximum atomic E-state index is 5.34. The maximum absolute atomic E-state index is 5.34. The lowest BCUT2D eigenvalue weighted by Gasteiger charge is -2.12. The van der Waals surface area contributed by atoms with Crippen LogP contribution in [0.1, 0.15) is 0 Å². The van der Waals surface area contributed by atoms with Gasteiger partial charge in [-0.3, -0.25) is 4.98 Å². The molecule has 3 rings (SSSR count). The van der Waals surface area contributed by atoms with E-state index in [-0.39, 0.29) is 0 Å². The zero-order valence-electron chi connectivity index (χ0n) is 11.3. The Morgan fingerprint density at radius 1 is 1.00 bits per heavy atom. The molecule has 0 bridgehead atoms. The summed E-state index contributed by atoms with van der Waals surface area (Å²) in [5.74, 6) is 1.08. The number of nitrogens with zero attached hydrogens (tertiary/aromatic N) is 4. The maximum Gasteiger partial charge on any atom is 0.258 e. The van der Waals surface area contributed by atoms with E-state index in [9.17, 15) is 0 Å². The van der Waals surface area contributed by atoms with Crippen LogP contribution in [-0.4, -0.2) is 29.2 Å². The van der Waals surface area contributed by atoms with Crippen LogP contribution in [0, 0.1) is 0 Å². The first kappa shape index (κ1) is 12.3. The number of anilines is 1. The minimum absolute atomic E-state index is 0.514. The van der Waals surface area contributed by atoms with Gasteiger partial charge in [0.2, 0.25) is 5.82 Å². The molecule has 2 aromatic heterocycles. The van der Waals surface area contributed by atoms with Crippen molar-refractivity contribution in [3.63, 3.8) is 0 Å². The first-order valence-corrected chi connectivity index (χ1v) is 6.26. The van der Waals surface area contributed by atoms with Gasteiger partial charge >= 0.3 is 0 Å².